The van der Waals surface area contributed by atoms with Crippen molar-refractivity contribution in [3.63, 3.8) is 0 Å². The van der Waals surface area contributed by atoms with Gasteiger partial charge in [0.05, 0.1) is 7.11 Å². The zero-order chi connectivity index (χ0) is 13.9. The minimum atomic E-state index is -0.229. The van der Waals surface area contributed by atoms with Crippen LogP contribution in [0.25, 0.3) is 0 Å². The van der Waals surface area contributed by atoms with Crippen LogP contribution in [0, 0.1) is 11.2 Å². The van der Waals surface area contributed by atoms with E-state index in [4.69, 9.17) is 4.74 Å². The lowest BCUT2D eigenvalue weighted by molar-refractivity contribution is 0.262. The fourth-order valence-corrected chi connectivity index (χ4v) is 2.91. The molecule has 1 atom stereocenters. The molecule has 1 heterocycles. The summed E-state index contributed by atoms with van der Waals surface area (Å²) in [6.07, 6.45) is 1.15. The van der Waals surface area contributed by atoms with E-state index in [9.17, 15) is 4.39 Å². The average Bonchev–Trinajstić information content (AvgIpc) is 2.74. The Bertz CT molecular complexity index is 438. The number of methoxy groups -OCH3 is 1. The van der Waals surface area contributed by atoms with Crippen LogP contribution in [-0.4, -0.2) is 38.7 Å². The Morgan fingerprint density at radius 2 is 2.26 bits per heavy atom. The number of nitrogens with zero attached hydrogens (tertiary/aromatic N) is 1. The standard InChI is InChI=1S/C15H23FN2O/c1-15(10-17-2)7-8-18(11-15)9-12-5-4-6-13(19-3)14(12)16/h4-6,17H,7-11H2,1-3H3. The highest BCUT2D eigenvalue weighted by Gasteiger charge is 2.33. The van der Waals surface area contributed by atoms with Gasteiger partial charge in [-0.15, -0.1) is 0 Å². The maximum atomic E-state index is 14.1. The molecule has 1 N–H and O–H groups in total. The third-order valence-corrected chi connectivity index (χ3v) is 3.90. The topological polar surface area (TPSA) is 24.5 Å². The first kappa shape index (κ1) is 14.3. The molecule has 4 heteroatoms. The van der Waals surface area contributed by atoms with Crippen molar-refractivity contribution in [2.45, 2.75) is 19.9 Å². The second-order valence-electron chi connectivity index (χ2n) is 5.74. The van der Waals surface area contributed by atoms with Crippen LogP contribution in [0.3, 0.4) is 0 Å². The molecule has 1 fully saturated rings. The number of likely N-dealkylation sites (tertiary alicyclic amines) is 1. The highest BCUT2D eigenvalue weighted by Crippen LogP contribution is 2.31. The smallest absolute Gasteiger partial charge is 0.169 e. The Morgan fingerprint density at radius 3 is 2.95 bits per heavy atom. The van der Waals surface area contributed by atoms with Crippen molar-refractivity contribution in [2.75, 3.05) is 33.8 Å². The molecular formula is C15H23FN2O. The van der Waals surface area contributed by atoms with Crippen LogP contribution in [-0.2, 0) is 6.54 Å². The Balaban J connectivity index is 2.03. The van der Waals surface area contributed by atoms with Gasteiger partial charge in [-0.05, 0) is 31.5 Å². The number of halogens is 1. The fraction of sp³-hybridized carbons (Fsp3) is 0.600. The summed E-state index contributed by atoms with van der Waals surface area (Å²) in [5.74, 6) is 0.0990. The highest BCUT2D eigenvalue weighted by atomic mass is 19.1. The third-order valence-electron chi connectivity index (χ3n) is 3.90. The van der Waals surface area contributed by atoms with Gasteiger partial charge in [-0.1, -0.05) is 19.1 Å². The minimum absolute atomic E-state index is 0.229. The fourth-order valence-electron chi connectivity index (χ4n) is 2.91. The second kappa shape index (κ2) is 5.88. The molecule has 1 aliphatic heterocycles. The Labute approximate surface area is 114 Å². The van der Waals surface area contributed by atoms with Crippen molar-refractivity contribution < 1.29 is 9.13 Å². The number of nitrogens with one attached hydrogen (secondary N) is 1. The van der Waals surface area contributed by atoms with Gasteiger partial charge in [0, 0.05) is 25.2 Å². The SMILES string of the molecule is CNCC1(C)CCN(Cc2cccc(OC)c2F)C1. The lowest BCUT2D eigenvalue weighted by Crippen LogP contribution is -2.33. The maximum absolute atomic E-state index is 14.1. The molecular weight excluding hydrogens is 243 g/mol. The van der Waals surface area contributed by atoms with Gasteiger partial charge in [-0.25, -0.2) is 4.39 Å². The summed E-state index contributed by atoms with van der Waals surface area (Å²) < 4.78 is 19.1. The number of hydrogen-bond donors (Lipinski definition) is 1. The van der Waals surface area contributed by atoms with Crippen LogP contribution in [0.4, 0.5) is 4.39 Å². The molecule has 0 aromatic heterocycles. The van der Waals surface area contributed by atoms with Crippen molar-refractivity contribution >= 4 is 0 Å². The summed E-state index contributed by atoms with van der Waals surface area (Å²) in [6.45, 7) is 5.97. The van der Waals surface area contributed by atoms with Crippen LogP contribution < -0.4 is 10.1 Å². The predicted octanol–water partition coefficient (Wildman–Crippen LogP) is 2.27. The van der Waals surface area contributed by atoms with Crippen LogP contribution in [0.15, 0.2) is 18.2 Å². The molecule has 1 aromatic rings. The summed E-state index contributed by atoms with van der Waals surface area (Å²) in [7, 11) is 3.48. The minimum Gasteiger partial charge on any atom is -0.494 e. The Kier molecular flexibility index (Phi) is 4.42. The van der Waals surface area contributed by atoms with Gasteiger partial charge < -0.3 is 10.1 Å². The van der Waals surface area contributed by atoms with Crippen molar-refractivity contribution in [1.29, 1.82) is 0 Å². The lowest BCUT2D eigenvalue weighted by Gasteiger charge is -2.24. The van der Waals surface area contributed by atoms with Crippen LogP contribution in [0.5, 0.6) is 5.75 Å². The summed E-state index contributed by atoms with van der Waals surface area (Å²) in [5, 5.41) is 3.24. The van der Waals surface area contributed by atoms with Crippen molar-refractivity contribution in [3.8, 4) is 5.75 Å². The van der Waals surface area contributed by atoms with Gasteiger partial charge in [-0.2, -0.15) is 0 Å². The van der Waals surface area contributed by atoms with Crippen LogP contribution in [0.2, 0.25) is 0 Å². The van der Waals surface area contributed by atoms with Crippen LogP contribution in [0.1, 0.15) is 18.9 Å². The second-order valence-corrected chi connectivity index (χ2v) is 5.74. The molecule has 0 bridgehead atoms. The van der Waals surface area contributed by atoms with E-state index >= 15 is 0 Å². The van der Waals surface area contributed by atoms with E-state index in [1.165, 1.54) is 7.11 Å². The van der Waals surface area contributed by atoms with Gasteiger partial charge in [-0.3, -0.25) is 4.90 Å². The van der Waals surface area contributed by atoms with E-state index in [0.29, 0.717) is 23.3 Å². The molecule has 0 spiro atoms. The predicted molar refractivity (Wildman–Crippen MR) is 74.9 cm³/mol. The van der Waals surface area contributed by atoms with Gasteiger partial charge >= 0.3 is 0 Å². The molecule has 0 saturated carbocycles. The van der Waals surface area contributed by atoms with E-state index in [-0.39, 0.29) is 5.82 Å². The van der Waals surface area contributed by atoms with Gasteiger partial charge in [0.15, 0.2) is 11.6 Å². The van der Waals surface area contributed by atoms with Crippen molar-refractivity contribution in [1.82, 2.24) is 10.2 Å². The van der Waals surface area contributed by atoms with Crippen molar-refractivity contribution in [3.05, 3.63) is 29.6 Å². The van der Waals surface area contributed by atoms with E-state index in [1.54, 1.807) is 6.07 Å². The summed E-state index contributed by atoms with van der Waals surface area (Å²) in [5.41, 5.74) is 1.01. The summed E-state index contributed by atoms with van der Waals surface area (Å²) in [4.78, 5) is 2.31. The van der Waals surface area contributed by atoms with E-state index in [1.807, 2.05) is 19.2 Å². The number of rotatable bonds is 5. The molecule has 1 saturated heterocycles. The molecule has 2 rings (SSSR count). The lowest BCUT2D eigenvalue weighted by atomic mass is 9.90. The summed E-state index contributed by atoms with van der Waals surface area (Å²) >= 11 is 0. The molecule has 1 aliphatic rings. The molecule has 1 aromatic carbocycles. The molecule has 106 valence electrons. The highest BCUT2D eigenvalue weighted by molar-refractivity contribution is 5.31. The molecule has 0 aliphatic carbocycles. The first-order valence-electron chi connectivity index (χ1n) is 6.76. The molecule has 0 radical (unpaired) electrons. The number of hydrogen-bond acceptors (Lipinski definition) is 3. The maximum Gasteiger partial charge on any atom is 0.169 e. The van der Waals surface area contributed by atoms with Gasteiger partial charge in [0.2, 0.25) is 0 Å². The number of benzene rings is 1. The van der Waals surface area contributed by atoms with E-state index in [0.717, 1.165) is 26.1 Å². The Morgan fingerprint density at radius 1 is 1.47 bits per heavy atom. The largest absolute Gasteiger partial charge is 0.494 e. The van der Waals surface area contributed by atoms with Gasteiger partial charge in [0.25, 0.3) is 0 Å². The zero-order valence-electron chi connectivity index (χ0n) is 12.0. The first-order chi connectivity index (χ1) is 9.08. The van der Waals surface area contributed by atoms with Crippen molar-refractivity contribution in [2.24, 2.45) is 5.41 Å². The first-order valence-corrected chi connectivity index (χ1v) is 6.76. The molecule has 3 nitrogen and oxygen atoms in total. The van der Waals surface area contributed by atoms with E-state index in [2.05, 4.69) is 17.1 Å². The quantitative estimate of drug-likeness (QED) is 0.885. The molecule has 1 unspecified atom stereocenters. The van der Waals surface area contributed by atoms with Crippen LogP contribution >= 0.6 is 0 Å². The molecule has 0 amide bonds. The van der Waals surface area contributed by atoms with E-state index < -0.39 is 0 Å². The average molecular weight is 266 g/mol. The third kappa shape index (κ3) is 3.25. The molecule has 19 heavy (non-hydrogen) atoms. The Hall–Kier alpha value is -1.13. The monoisotopic (exact) mass is 266 g/mol. The summed E-state index contributed by atoms with van der Waals surface area (Å²) in [6, 6.07) is 5.35. The zero-order valence-corrected chi connectivity index (χ0v) is 12.0. The normalized spacial score (nSPS) is 23.8. The van der Waals surface area contributed by atoms with Gasteiger partial charge in [0.1, 0.15) is 0 Å². The number of ether oxygens (including phenoxy) is 1.